The van der Waals surface area contributed by atoms with Gasteiger partial charge in [0.15, 0.2) is 10.8 Å². The van der Waals surface area contributed by atoms with Gasteiger partial charge in [-0.15, -0.1) is 0 Å². The van der Waals surface area contributed by atoms with Crippen LogP contribution in [0.2, 0.25) is 0 Å². The lowest BCUT2D eigenvalue weighted by molar-refractivity contribution is 0.879. The van der Waals surface area contributed by atoms with Crippen LogP contribution in [-0.2, 0) is 0 Å². The summed E-state index contributed by atoms with van der Waals surface area (Å²) >= 11 is 1.45. The second-order valence-corrected chi connectivity index (χ2v) is 4.81. The first-order valence-electron chi connectivity index (χ1n) is 5.64. The van der Waals surface area contributed by atoms with Gasteiger partial charge in [0.05, 0.1) is 11.4 Å². The Morgan fingerprint density at radius 1 is 1.26 bits per heavy atom. The van der Waals surface area contributed by atoms with Crippen molar-refractivity contribution in [2.45, 2.75) is 12.1 Å². The van der Waals surface area contributed by atoms with Gasteiger partial charge in [-0.1, -0.05) is 11.8 Å². The summed E-state index contributed by atoms with van der Waals surface area (Å²) in [5.41, 5.74) is 2.52. The molecule has 0 unspecified atom stereocenters. The molecule has 1 N–H and O–H groups in total. The Balaban J connectivity index is 2.21. The fraction of sp³-hybridized carbons (Fsp3) is 0.167. The van der Waals surface area contributed by atoms with Gasteiger partial charge < -0.3 is 0 Å². The number of aryl methyl sites for hydroxylation is 1. The second-order valence-electron chi connectivity index (χ2n) is 4.04. The normalized spacial score (nSPS) is 11.1. The average molecular weight is 273 g/mol. The lowest BCUT2D eigenvalue weighted by Gasteiger charge is -2.01. The molecule has 6 nitrogen and oxygen atoms in total. The molecule has 3 heterocycles. The lowest BCUT2D eigenvalue weighted by Crippen LogP contribution is -2.14. The minimum absolute atomic E-state index is 0.155. The maximum absolute atomic E-state index is 12.0. The van der Waals surface area contributed by atoms with Crippen LogP contribution in [0, 0.1) is 6.92 Å². The molecule has 0 atom stereocenters. The molecule has 0 bridgehead atoms. The third kappa shape index (κ3) is 2.12. The van der Waals surface area contributed by atoms with Crippen molar-refractivity contribution in [2.75, 3.05) is 6.26 Å². The first-order chi connectivity index (χ1) is 9.17. The van der Waals surface area contributed by atoms with Crippen LogP contribution in [0.1, 0.15) is 5.69 Å². The predicted octanol–water partition coefficient (Wildman–Crippen LogP) is 1.51. The number of hydrogen-bond donors (Lipinski definition) is 1. The summed E-state index contributed by atoms with van der Waals surface area (Å²) in [7, 11) is 0. The largest absolute Gasteiger partial charge is 0.294 e. The van der Waals surface area contributed by atoms with Crippen LogP contribution in [-0.4, -0.2) is 30.8 Å². The highest BCUT2D eigenvalue weighted by Gasteiger charge is 2.08. The van der Waals surface area contributed by atoms with Crippen LogP contribution in [0.5, 0.6) is 0 Å². The van der Waals surface area contributed by atoms with Crippen molar-refractivity contribution in [3.63, 3.8) is 0 Å². The maximum Gasteiger partial charge on any atom is 0.273 e. The molecule has 0 aromatic carbocycles. The minimum atomic E-state index is -0.155. The molecule has 3 rings (SSSR count). The van der Waals surface area contributed by atoms with Gasteiger partial charge in [-0.3, -0.25) is 9.89 Å². The van der Waals surface area contributed by atoms with Crippen LogP contribution in [0.4, 0.5) is 0 Å². The summed E-state index contributed by atoms with van der Waals surface area (Å²) in [6.07, 6.45) is 3.57. The highest BCUT2D eigenvalue weighted by molar-refractivity contribution is 7.98. The zero-order chi connectivity index (χ0) is 13.4. The molecule has 0 aliphatic heterocycles. The summed E-state index contributed by atoms with van der Waals surface area (Å²) in [5, 5.41) is 3.59. The number of fused-ring (bicyclic) bond motifs is 1. The highest BCUT2D eigenvalue weighted by atomic mass is 32.2. The standard InChI is InChI=1S/C12H11N5OS/c1-7-5-10-14-9(6-11(18)17(10)16-7)8-3-4-13-12(15-8)19-2/h3-6,16H,1-2H3. The van der Waals surface area contributed by atoms with E-state index in [1.165, 1.54) is 22.3 Å². The van der Waals surface area contributed by atoms with Crippen LogP contribution < -0.4 is 5.56 Å². The molecule has 0 radical (unpaired) electrons. The van der Waals surface area contributed by atoms with E-state index in [1.807, 2.05) is 19.2 Å². The van der Waals surface area contributed by atoms with Crippen molar-refractivity contribution in [3.05, 3.63) is 40.4 Å². The molecule has 7 heteroatoms. The Morgan fingerprint density at radius 2 is 2.11 bits per heavy atom. The minimum Gasteiger partial charge on any atom is -0.294 e. The molecule has 3 aromatic rings. The summed E-state index contributed by atoms with van der Waals surface area (Å²) in [6.45, 7) is 1.88. The van der Waals surface area contributed by atoms with E-state index in [2.05, 4.69) is 20.1 Å². The fourth-order valence-electron chi connectivity index (χ4n) is 1.82. The van der Waals surface area contributed by atoms with Gasteiger partial charge in [-0.05, 0) is 19.2 Å². The Kier molecular flexibility index (Phi) is 2.83. The van der Waals surface area contributed by atoms with Gasteiger partial charge in [0.2, 0.25) is 0 Å². The third-order valence-electron chi connectivity index (χ3n) is 2.66. The first-order valence-corrected chi connectivity index (χ1v) is 6.87. The molecule has 0 fully saturated rings. The van der Waals surface area contributed by atoms with E-state index in [1.54, 1.807) is 12.3 Å². The van der Waals surface area contributed by atoms with Gasteiger partial charge >= 0.3 is 0 Å². The zero-order valence-corrected chi connectivity index (χ0v) is 11.2. The number of hydrogen-bond acceptors (Lipinski definition) is 5. The van der Waals surface area contributed by atoms with E-state index >= 15 is 0 Å². The number of H-pyrrole nitrogens is 1. The molecule has 0 aliphatic carbocycles. The van der Waals surface area contributed by atoms with Crippen molar-refractivity contribution in [3.8, 4) is 11.4 Å². The number of rotatable bonds is 2. The summed E-state index contributed by atoms with van der Waals surface area (Å²) < 4.78 is 1.41. The topological polar surface area (TPSA) is 75.9 Å². The number of thioether (sulfide) groups is 1. The van der Waals surface area contributed by atoms with Crippen LogP contribution >= 0.6 is 11.8 Å². The molecule has 0 spiro atoms. The maximum atomic E-state index is 12.0. The van der Waals surface area contributed by atoms with E-state index in [4.69, 9.17) is 0 Å². The molecule has 96 valence electrons. The second kappa shape index (κ2) is 4.51. The Bertz CT molecular complexity index is 807. The highest BCUT2D eigenvalue weighted by Crippen LogP contribution is 2.16. The van der Waals surface area contributed by atoms with Gasteiger partial charge in [-0.25, -0.2) is 19.5 Å². The van der Waals surface area contributed by atoms with Gasteiger partial charge in [0, 0.05) is 24.0 Å². The first kappa shape index (κ1) is 11.9. The lowest BCUT2D eigenvalue weighted by atomic mass is 10.3. The summed E-state index contributed by atoms with van der Waals surface area (Å²) in [5.74, 6) is 0. The van der Waals surface area contributed by atoms with E-state index < -0.39 is 0 Å². The Hall–Kier alpha value is -2.15. The summed E-state index contributed by atoms with van der Waals surface area (Å²) in [4.78, 5) is 24.9. The zero-order valence-electron chi connectivity index (χ0n) is 10.4. The number of aromatic amines is 1. The molecule has 0 amide bonds. The Morgan fingerprint density at radius 3 is 2.89 bits per heavy atom. The van der Waals surface area contributed by atoms with Crippen molar-refractivity contribution < 1.29 is 0 Å². The van der Waals surface area contributed by atoms with E-state index in [-0.39, 0.29) is 5.56 Å². The smallest absolute Gasteiger partial charge is 0.273 e. The number of aromatic nitrogens is 5. The van der Waals surface area contributed by atoms with Gasteiger partial charge in [-0.2, -0.15) is 0 Å². The molecular weight excluding hydrogens is 262 g/mol. The predicted molar refractivity (Wildman–Crippen MR) is 73.4 cm³/mol. The van der Waals surface area contributed by atoms with Crippen LogP contribution in [0.15, 0.2) is 34.3 Å². The monoisotopic (exact) mass is 273 g/mol. The average Bonchev–Trinajstić information content (AvgIpc) is 2.80. The number of nitrogens with one attached hydrogen (secondary N) is 1. The molecule has 19 heavy (non-hydrogen) atoms. The number of nitrogens with zero attached hydrogens (tertiary/aromatic N) is 4. The molecule has 0 saturated carbocycles. The molecule has 3 aromatic heterocycles. The SMILES string of the molecule is CSc1nccc(-c2cc(=O)n3[nH]c(C)cc3n2)n1. The fourth-order valence-corrected chi connectivity index (χ4v) is 2.18. The Labute approximate surface area is 112 Å². The van der Waals surface area contributed by atoms with Crippen molar-refractivity contribution in [1.29, 1.82) is 0 Å². The van der Waals surface area contributed by atoms with E-state index in [0.29, 0.717) is 22.2 Å². The van der Waals surface area contributed by atoms with Gasteiger partial charge in [0.1, 0.15) is 0 Å². The van der Waals surface area contributed by atoms with Crippen LogP contribution in [0.25, 0.3) is 17.0 Å². The van der Waals surface area contributed by atoms with Gasteiger partial charge in [0.25, 0.3) is 5.56 Å². The van der Waals surface area contributed by atoms with E-state index in [9.17, 15) is 4.79 Å². The van der Waals surface area contributed by atoms with Crippen molar-refractivity contribution >= 4 is 17.4 Å². The van der Waals surface area contributed by atoms with Crippen molar-refractivity contribution in [1.82, 2.24) is 24.6 Å². The van der Waals surface area contributed by atoms with Crippen LogP contribution in [0.3, 0.4) is 0 Å². The van der Waals surface area contributed by atoms with Crippen molar-refractivity contribution in [2.24, 2.45) is 0 Å². The molecular formula is C12H11N5OS. The molecule has 0 aliphatic rings. The summed E-state index contributed by atoms with van der Waals surface area (Å²) in [6, 6.07) is 5.04. The molecule has 0 saturated heterocycles. The third-order valence-corrected chi connectivity index (χ3v) is 3.22. The quantitative estimate of drug-likeness (QED) is 0.566. The van der Waals surface area contributed by atoms with E-state index in [0.717, 1.165) is 5.69 Å².